The molecule has 1 rings (SSSR count). The van der Waals surface area contributed by atoms with E-state index in [4.69, 9.17) is 4.74 Å². The van der Waals surface area contributed by atoms with Gasteiger partial charge in [-0.25, -0.2) is 0 Å². The summed E-state index contributed by atoms with van der Waals surface area (Å²) in [6.45, 7) is 4.03. The number of anilines is 1. The molecule has 0 fully saturated rings. The van der Waals surface area contributed by atoms with E-state index < -0.39 is 0 Å². The van der Waals surface area contributed by atoms with E-state index in [0.29, 0.717) is 5.69 Å². The molecule has 5 heteroatoms. The van der Waals surface area contributed by atoms with Gasteiger partial charge in [-0.2, -0.15) is 10.5 Å². The summed E-state index contributed by atoms with van der Waals surface area (Å²) < 4.78 is 4.96. The van der Waals surface area contributed by atoms with Crippen LogP contribution >= 0.6 is 0 Å². The molecule has 0 saturated heterocycles. The van der Waals surface area contributed by atoms with E-state index in [1.54, 1.807) is 0 Å². The number of hydrogen-bond donors (Lipinski definition) is 2. The Balaban J connectivity index is 3.41. The Hall–Kier alpha value is -2.40. The van der Waals surface area contributed by atoms with Crippen molar-refractivity contribution >= 4 is 5.69 Å². The Kier molecular flexibility index (Phi) is 5.02. The summed E-state index contributed by atoms with van der Waals surface area (Å²) in [6, 6.07) is 5.52. The number of methoxy groups -OCH3 is 1. The van der Waals surface area contributed by atoms with Crippen molar-refractivity contribution in [3.05, 3.63) is 17.2 Å². The molecule has 0 radical (unpaired) electrons. The molecule has 0 bridgehead atoms. The minimum absolute atomic E-state index is 0.0443. The fourth-order valence-corrected chi connectivity index (χ4v) is 1.85. The second-order valence-corrected chi connectivity index (χ2v) is 4.11. The molecule has 5 nitrogen and oxygen atoms in total. The third kappa shape index (κ3) is 2.89. The average molecular weight is 259 g/mol. The zero-order valence-corrected chi connectivity index (χ0v) is 11.3. The molecule has 100 valence electrons. The lowest BCUT2D eigenvalue weighted by molar-refractivity contribution is 0.372. The highest BCUT2D eigenvalue weighted by molar-refractivity contribution is 5.74. The first-order chi connectivity index (χ1) is 9.12. The maximum atomic E-state index is 9.95. The highest BCUT2D eigenvalue weighted by Gasteiger charge is 2.19. The van der Waals surface area contributed by atoms with Crippen molar-refractivity contribution in [2.24, 2.45) is 0 Å². The van der Waals surface area contributed by atoms with E-state index in [1.165, 1.54) is 13.2 Å². The van der Waals surface area contributed by atoms with Gasteiger partial charge in [0, 0.05) is 12.1 Å². The van der Waals surface area contributed by atoms with Crippen molar-refractivity contribution in [3.8, 4) is 23.6 Å². The number of hydrogen-bond acceptors (Lipinski definition) is 5. The predicted molar refractivity (Wildman–Crippen MR) is 72.1 cm³/mol. The molecule has 1 aromatic carbocycles. The van der Waals surface area contributed by atoms with Crippen LogP contribution in [0, 0.1) is 22.7 Å². The SMILES string of the molecule is CCC(CC)Nc1c(C#N)cc(OC)c(O)c1C#N. The van der Waals surface area contributed by atoms with E-state index in [9.17, 15) is 15.6 Å². The van der Waals surface area contributed by atoms with Crippen LogP contribution in [0.1, 0.15) is 37.8 Å². The minimum Gasteiger partial charge on any atom is -0.503 e. The Morgan fingerprint density at radius 3 is 2.37 bits per heavy atom. The van der Waals surface area contributed by atoms with Gasteiger partial charge in [0.2, 0.25) is 0 Å². The van der Waals surface area contributed by atoms with Gasteiger partial charge in [-0.3, -0.25) is 0 Å². The third-order valence-corrected chi connectivity index (χ3v) is 3.05. The van der Waals surface area contributed by atoms with Gasteiger partial charge in [-0.1, -0.05) is 13.8 Å². The van der Waals surface area contributed by atoms with Crippen molar-refractivity contribution in [2.75, 3.05) is 12.4 Å². The summed E-state index contributed by atoms with van der Waals surface area (Å²) in [6.07, 6.45) is 1.72. The summed E-state index contributed by atoms with van der Waals surface area (Å²) in [7, 11) is 1.38. The molecular formula is C14H17N3O2. The predicted octanol–water partition coefficient (Wildman–Crippen LogP) is 2.74. The number of nitriles is 2. The van der Waals surface area contributed by atoms with Crippen molar-refractivity contribution in [3.63, 3.8) is 0 Å². The number of phenolic OH excluding ortho intramolecular Hbond substituents is 1. The smallest absolute Gasteiger partial charge is 0.178 e. The summed E-state index contributed by atoms with van der Waals surface area (Å²) in [4.78, 5) is 0. The molecule has 2 N–H and O–H groups in total. The molecule has 1 aromatic rings. The Morgan fingerprint density at radius 1 is 1.32 bits per heavy atom. The van der Waals surface area contributed by atoms with Crippen LogP contribution in [0.5, 0.6) is 11.5 Å². The van der Waals surface area contributed by atoms with E-state index in [0.717, 1.165) is 12.8 Å². The zero-order chi connectivity index (χ0) is 14.4. The number of ether oxygens (including phenoxy) is 1. The maximum Gasteiger partial charge on any atom is 0.178 e. The number of phenols is 1. The Labute approximate surface area is 113 Å². The van der Waals surface area contributed by atoms with Gasteiger partial charge in [0.25, 0.3) is 0 Å². The molecular weight excluding hydrogens is 242 g/mol. The highest BCUT2D eigenvalue weighted by Crippen LogP contribution is 2.37. The fourth-order valence-electron chi connectivity index (χ4n) is 1.85. The van der Waals surface area contributed by atoms with Gasteiger partial charge in [-0.05, 0) is 12.8 Å². The fraction of sp³-hybridized carbons (Fsp3) is 0.429. The summed E-state index contributed by atoms with van der Waals surface area (Å²) in [5, 5.41) is 31.5. The third-order valence-electron chi connectivity index (χ3n) is 3.05. The van der Waals surface area contributed by atoms with Crippen LogP contribution in [0.4, 0.5) is 5.69 Å². The lowest BCUT2D eigenvalue weighted by Gasteiger charge is -2.19. The normalized spacial score (nSPS) is 9.79. The van der Waals surface area contributed by atoms with E-state index >= 15 is 0 Å². The molecule has 0 heterocycles. The molecule has 0 spiro atoms. The van der Waals surface area contributed by atoms with Crippen LogP contribution in [-0.4, -0.2) is 18.3 Å². The van der Waals surface area contributed by atoms with Gasteiger partial charge in [-0.15, -0.1) is 0 Å². The topological polar surface area (TPSA) is 89.1 Å². The lowest BCUT2D eigenvalue weighted by Crippen LogP contribution is -2.18. The second-order valence-electron chi connectivity index (χ2n) is 4.11. The first-order valence-corrected chi connectivity index (χ1v) is 6.13. The van der Waals surface area contributed by atoms with Crippen molar-refractivity contribution in [1.29, 1.82) is 10.5 Å². The van der Waals surface area contributed by atoms with Gasteiger partial charge in [0.05, 0.1) is 18.4 Å². The number of rotatable bonds is 5. The highest BCUT2D eigenvalue weighted by atomic mass is 16.5. The molecule has 0 saturated carbocycles. The van der Waals surface area contributed by atoms with Gasteiger partial charge in [0.1, 0.15) is 17.7 Å². The minimum atomic E-state index is -0.238. The first kappa shape index (κ1) is 14.7. The maximum absolute atomic E-state index is 9.95. The number of benzene rings is 1. The summed E-state index contributed by atoms with van der Waals surface area (Å²) >= 11 is 0. The van der Waals surface area contributed by atoms with Crippen molar-refractivity contribution < 1.29 is 9.84 Å². The Morgan fingerprint density at radius 2 is 1.95 bits per heavy atom. The van der Waals surface area contributed by atoms with Gasteiger partial charge in [0.15, 0.2) is 11.5 Å². The van der Waals surface area contributed by atoms with E-state index in [-0.39, 0.29) is 28.7 Å². The van der Waals surface area contributed by atoms with Crippen LogP contribution in [-0.2, 0) is 0 Å². The molecule has 0 aliphatic carbocycles. The Bertz CT molecular complexity index is 537. The van der Waals surface area contributed by atoms with Gasteiger partial charge >= 0.3 is 0 Å². The second kappa shape index (κ2) is 6.51. The molecule has 0 aromatic heterocycles. The number of nitrogens with zero attached hydrogens (tertiary/aromatic N) is 2. The monoisotopic (exact) mass is 259 g/mol. The molecule has 0 aliphatic heterocycles. The standard InChI is InChI=1S/C14H17N3O2/c1-4-10(5-2)17-13-9(7-15)6-12(19-3)14(18)11(13)8-16/h6,10,17-18H,4-5H2,1-3H3. The van der Waals surface area contributed by atoms with Crippen molar-refractivity contribution in [2.45, 2.75) is 32.7 Å². The van der Waals surface area contributed by atoms with Gasteiger partial charge < -0.3 is 15.2 Å². The lowest BCUT2D eigenvalue weighted by atomic mass is 10.0. The molecule has 19 heavy (non-hydrogen) atoms. The molecule has 0 atom stereocenters. The van der Waals surface area contributed by atoms with E-state index in [2.05, 4.69) is 5.32 Å². The molecule has 0 aliphatic rings. The number of nitrogens with one attached hydrogen (secondary N) is 1. The molecule has 0 unspecified atom stereocenters. The van der Waals surface area contributed by atoms with E-state index in [1.807, 2.05) is 26.0 Å². The number of aromatic hydroxyl groups is 1. The first-order valence-electron chi connectivity index (χ1n) is 6.13. The van der Waals surface area contributed by atoms with Crippen molar-refractivity contribution in [1.82, 2.24) is 0 Å². The summed E-state index contributed by atoms with van der Waals surface area (Å²) in [5.74, 6) is -0.111. The van der Waals surface area contributed by atoms with Crippen LogP contribution < -0.4 is 10.1 Å². The quantitative estimate of drug-likeness (QED) is 0.848. The zero-order valence-electron chi connectivity index (χ0n) is 11.3. The summed E-state index contributed by atoms with van der Waals surface area (Å²) in [5.41, 5.74) is 0.706. The molecule has 0 amide bonds. The average Bonchev–Trinajstić information content (AvgIpc) is 2.44. The van der Waals surface area contributed by atoms with Crippen LogP contribution in [0.25, 0.3) is 0 Å². The van der Waals surface area contributed by atoms with Crippen LogP contribution in [0.2, 0.25) is 0 Å². The van der Waals surface area contributed by atoms with Crippen LogP contribution in [0.15, 0.2) is 6.07 Å². The largest absolute Gasteiger partial charge is 0.503 e. The van der Waals surface area contributed by atoms with Crippen LogP contribution in [0.3, 0.4) is 0 Å².